The fourth-order valence-corrected chi connectivity index (χ4v) is 2.16. The third-order valence-corrected chi connectivity index (χ3v) is 3.32. The molecular weight excluding hydrogens is 198 g/mol. The molecule has 0 amide bonds. The van der Waals surface area contributed by atoms with Gasteiger partial charge in [-0.05, 0) is 44.0 Å². The fraction of sp³-hybridized carbons (Fsp3) is 0.615. The highest BCUT2D eigenvalue weighted by molar-refractivity contribution is 5.34. The van der Waals surface area contributed by atoms with E-state index in [1.54, 1.807) is 0 Å². The lowest BCUT2D eigenvalue weighted by molar-refractivity contribution is 0.183. The number of likely N-dealkylation sites (tertiary alicyclic amines) is 1. The van der Waals surface area contributed by atoms with E-state index in [4.69, 9.17) is 0 Å². The second-order valence-corrected chi connectivity index (χ2v) is 4.72. The number of hydrogen-bond acceptors (Lipinski definition) is 3. The van der Waals surface area contributed by atoms with Crippen molar-refractivity contribution in [2.75, 3.05) is 25.5 Å². The summed E-state index contributed by atoms with van der Waals surface area (Å²) in [5.41, 5.74) is 1.17. The molecule has 0 saturated carbocycles. The highest BCUT2D eigenvalue weighted by Gasteiger charge is 2.15. The van der Waals surface area contributed by atoms with Crippen molar-refractivity contribution in [2.45, 2.75) is 26.3 Å². The third-order valence-electron chi connectivity index (χ3n) is 3.32. The normalized spacial score (nSPS) is 18.6. The summed E-state index contributed by atoms with van der Waals surface area (Å²) in [6.07, 6.45) is 2.65. The molecule has 88 valence electrons. The quantitative estimate of drug-likeness (QED) is 0.846. The topological polar surface area (TPSA) is 28.2 Å². The Hall–Kier alpha value is -1.09. The predicted octanol–water partition coefficient (Wildman–Crippen LogP) is 2.36. The van der Waals surface area contributed by atoms with Crippen molar-refractivity contribution in [3.05, 3.63) is 23.9 Å². The van der Waals surface area contributed by atoms with E-state index in [2.05, 4.69) is 34.3 Å². The summed E-state index contributed by atoms with van der Waals surface area (Å²) in [5.74, 6) is 1.86. The van der Waals surface area contributed by atoms with E-state index in [1.165, 1.54) is 31.6 Å². The van der Waals surface area contributed by atoms with Gasteiger partial charge in [-0.25, -0.2) is 4.98 Å². The number of hydrogen-bond donors (Lipinski definition) is 1. The van der Waals surface area contributed by atoms with Gasteiger partial charge in [0.25, 0.3) is 0 Å². The van der Waals surface area contributed by atoms with E-state index >= 15 is 0 Å². The maximum atomic E-state index is 4.55. The molecule has 0 aliphatic carbocycles. The lowest BCUT2D eigenvalue weighted by atomic mass is 9.99. The highest BCUT2D eigenvalue weighted by Crippen LogP contribution is 2.17. The molecule has 1 aromatic heterocycles. The Bertz CT molecular complexity index is 330. The molecule has 2 heterocycles. The minimum absolute atomic E-state index is 0.896. The molecule has 0 spiro atoms. The largest absolute Gasteiger partial charge is 0.373 e. The predicted molar refractivity (Wildman–Crippen MR) is 67.5 cm³/mol. The van der Waals surface area contributed by atoms with E-state index in [1.807, 2.05) is 13.1 Å². The minimum atomic E-state index is 0.896. The van der Waals surface area contributed by atoms with Crippen LogP contribution in [0, 0.1) is 5.92 Å². The number of anilines is 1. The number of aromatic nitrogens is 1. The molecule has 3 heteroatoms. The summed E-state index contributed by atoms with van der Waals surface area (Å²) in [6, 6.07) is 6.18. The number of nitrogens with zero attached hydrogens (tertiary/aromatic N) is 2. The number of pyridine rings is 1. The van der Waals surface area contributed by atoms with E-state index < -0.39 is 0 Å². The molecule has 0 aromatic carbocycles. The van der Waals surface area contributed by atoms with Crippen LogP contribution in [0.15, 0.2) is 18.2 Å². The minimum Gasteiger partial charge on any atom is -0.373 e. The molecule has 1 N–H and O–H groups in total. The maximum Gasteiger partial charge on any atom is 0.126 e. The molecule has 16 heavy (non-hydrogen) atoms. The van der Waals surface area contributed by atoms with Gasteiger partial charge in [0.05, 0.1) is 5.69 Å². The molecule has 1 saturated heterocycles. The van der Waals surface area contributed by atoms with Crippen molar-refractivity contribution in [2.24, 2.45) is 5.92 Å². The molecule has 1 aromatic rings. The number of rotatable bonds is 3. The van der Waals surface area contributed by atoms with Gasteiger partial charge in [0, 0.05) is 13.6 Å². The summed E-state index contributed by atoms with van der Waals surface area (Å²) < 4.78 is 0. The molecule has 0 radical (unpaired) electrons. The molecule has 0 unspecified atom stereocenters. The van der Waals surface area contributed by atoms with Crippen LogP contribution in [0.2, 0.25) is 0 Å². The average Bonchev–Trinajstić information content (AvgIpc) is 2.32. The van der Waals surface area contributed by atoms with Crippen LogP contribution in [0.25, 0.3) is 0 Å². The summed E-state index contributed by atoms with van der Waals surface area (Å²) in [4.78, 5) is 7.05. The first-order chi connectivity index (χ1) is 7.78. The van der Waals surface area contributed by atoms with Crippen LogP contribution in [0.5, 0.6) is 0 Å². The Balaban J connectivity index is 1.93. The Labute approximate surface area is 97.9 Å². The van der Waals surface area contributed by atoms with Crippen molar-refractivity contribution >= 4 is 5.82 Å². The van der Waals surface area contributed by atoms with Crippen LogP contribution in [0.3, 0.4) is 0 Å². The summed E-state index contributed by atoms with van der Waals surface area (Å²) in [6.45, 7) is 5.76. The summed E-state index contributed by atoms with van der Waals surface area (Å²) in [7, 11) is 1.91. The zero-order chi connectivity index (χ0) is 11.4. The zero-order valence-electron chi connectivity index (χ0n) is 10.2. The Kier molecular flexibility index (Phi) is 3.78. The first-order valence-corrected chi connectivity index (χ1v) is 6.14. The van der Waals surface area contributed by atoms with Gasteiger partial charge >= 0.3 is 0 Å². The van der Waals surface area contributed by atoms with Gasteiger partial charge in [0.1, 0.15) is 5.82 Å². The van der Waals surface area contributed by atoms with E-state index in [9.17, 15) is 0 Å². The monoisotopic (exact) mass is 219 g/mol. The number of piperidine rings is 1. The summed E-state index contributed by atoms with van der Waals surface area (Å²) >= 11 is 0. The molecule has 2 rings (SSSR count). The van der Waals surface area contributed by atoms with E-state index in [0.29, 0.717) is 0 Å². The fourth-order valence-electron chi connectivity index (χ4n) is 2.16. The van der Waals surface area contributed by atoms with Gasteiger partial charge < -0.3 is 5.32 Å². The summed E-state index contributed by atoms with van der Waals surface area (Å²) in [5, 5.41) is 3.08. The Morgan fingerprint density at radius 1 is 1.38 bits per heavy atom. The lowest BCUT2D eigenvalue weighted by Gasteiger charge is -2.29. The molecule has 0 bridgehead atoms. The van der Waals surface area contributed by atoms with Crippen molar-refractivity contribution in [1.82, 2.24) is 9.88 Å². The van der Waals surface area contributed by atoms with Crippen LogP contribution in [-0.2, 0) is 6.54 Å². The van der Waals surface area contributed by atoms with Gasteiger partial charge in [0.2, 0.25) is 0 Å². The molecular formula is C13H21N3. The van der Waals surface area contributed by atoms with Crippen molar-refractivity contribution in [3.63, 3.8) is 0 Å². The molecule has 1 aliphatic rings. The van der Waals surface area contributed by atoms with Gasteiger partial charge in [-0.2, -0.15) is 0 Å². The second-order valence-electron chi connectivity index (χ2n) is 4.72. The molecule has 3 nitrogen and oxygen atoms in total. The van der Waals surface area contributed by atoms with Crippen LogP contribution in [0.1, 0.15) is 25.5 Å². The molecule has 1 fully saturated rings. The van der Waals surface area contributed by atoms with Gasteiger partial charge in [-0.15, -0.1) is 0 Å². The Morgan fingerprint density at radius 3 is 2.81 bits per heavy atom. The van der Waals surface area contributed by atoms with Crippen molar-refractivity contribution in [3.8, 4) is 0 Å². The van der Waals surface area contributed by atoms with Crippen molar-refractivity contribution in [1.29, 1.82) is 0 Å². The van der Waals surface area contributed by atoms with Crippen LogP contribution < -0.4 is 5.32 Å². The standard InChI is InChI=1S/C13H21N3/c1-11-6-8-16(9-7-11)10-12-4-3-5-13(14-2)15-12/h3-5,11H,6-10H2,1-2H3,(H,14,15). The van der Waals surface area contributed by atoms with E-state index in [-0.39, 0.29) is 0 Å². The van der Waals surface area contributed by atoms with Gasteiger partial charge in [-0.3, -0.25) is 4.90 Å². The van der Waals surface area contributed by atoms with Crippen molar-refractivity contribution < 1.29 is 0 Å². The Morgan fingerprint density at radius 2 is 2.12 bits per heavy atom. The first-order valence-electron chi connectivity index (χ1n) is 6.14. The number of nitrogens with one attached hydrogen (secondary N) is 1. The second kappa shape index (κ2) is 5.30. The molecule has 0 atom stereocenters. The van der Waals surface area contributed by atoms with Crippen LogP contribution in [0.4, 0.5) is 5.82 Å². The van der Waals surface area contributed by atoms with E-state index in [0.717, 1.165) is 18.3 Å². The lowest BCUT2D eigenvalue weighted by Crippen LogP contribution is -2.32. The maximum absolute atomic E-state index is 4.55. The highest BCUT2D eigenvalue weighted by atomic mass is 15.1. The smallest absolute Gasteiger partial charge is 0.126 e. The van der Waals surface area contributed by atoms with Gasteiger partial charge in [0.15, 0.2) is 0 Å². The molecule has 1 aliphatic heterocycles. The van der Waals surface area contributed by atoms with Crippen LogP contribution >= 0.6 is 0 Å². The van der Waals surface area contributed by atoms with Gasteiger partial charge in [-0.1, -0.05) is 13.0 Å². The third kappa shape index (κ3) is 2.95. The zero-order valence-corrected chi connectivity index (χ0v) is 10.2. The SMILES string of the molecule is CNc1cccc(CN2CCC(C)CC2)n1. The average molecular weight is 219 g/mol. The first kappa shape index (κ1) is 11.4. The van der Waals surface area contributed by atoms with Crippen LogP contribution in [-0.4, -0.2) is 30.0 Å².